The van der Waals surface area contributed by atoms with E-state index in [9.17, 15) is 8.42 Å². The molecule has 0 aromatic heterocycles. The Balaban J connectivity index is 0. The molecule has 9 heavy (non-hydrogen) atoms. The molecule has 0 aromatic carbocycles. The largest absolute Gasteiger partial charge is 1.00 e. The zero-order chi connectivity index (χ0) is 6.20. The van der Waals surface area contributed by atoms with Gasteiger partial charge in [-0.05, 0) is 0 Å². The van der Waals surface area contributed by atoms with Gasteiger partial charge in [0.05, 0.1) is 5.75 Å². The topological polar surface area (TPSA) is 76.3 Å². The van der Waals surface area contributed by atoms with Crippen LogP contribution in [0.25, 0.3) is 0 Å². The Hall–Kier alpha value is 0.467. The molecule has 1 aliphatic rings. The first-order valence-electron chi connectivity index (χ1n) is 2.26. The van der Waals surface area contributed by atoms with Crippen molar-refractivity contribution in [3.63, 3.8) is 0 Å². The van der Waals surface area contributed by atoms with Crippen molar-refractivity contribution in [2.45, 2.75) is 6.04 Å². The number of rotatable bonds is 2. The SMILES string of the molecule is O=S(=O)(O)CC1CN1.[H-].[Li+]. The van der Waals surface area contributed by atoms with E-state index in [0.29, 0.717) is 6.54 Å². The Morgan fingerprint density at radius 1 is 1.78 bits per heavy atom. The molecular weight excluding hydrogens is 137 g/mol. The van der Waals surface area contributed by atoms with E-state index in [1.165, 1.54) is 0 Å². The molecule has 0 amide bonds. The van der Waals surface area contributed by atoms with Gasteiger partial charge in [0.25, 0.3) is 10.1 Å². The summed E-state index contributed by atoms with van der Waals surface area (Å²) in [4.78, 5) is 0. The van der Waals surface area contributed by atoms with Crippen LogP contribution >= 0.6 is 0 Å². The molecule has 1 rings (SSSR count). The summed E-state index contributed by atoms with van der Waals surface area (Å²) >= 11 is 0. The molecule has 1 saturated heterocycles. The molecule has 1 fully saturated rings. The normalized spacial score (nSPS) is 24.8. The van der Waals surface area contributed by atoms with Crippen LogP contribution in [0.15, 0.2) is 0 Å². The van der Waals surface area contributed by atoms with Crippen molar-refractivity contribution in [1.29, 1.82) is 0 Å². The fourth-order valence-corrected chi connectivity index (χ4v) is 1.20. The zero-order valence-electron chi connectivity index (χ0n) is 6.16. The van der Waals surface area contributed by atoms with Crippen LogP contribution in [0, 0.1) is 0 Å². The Bertz CT molecular complexity index is 178. The van der Waals surface area contributed by atoms with E-state index in [2.05, 4.69) is 5.32 Å². The minimum atomic E-state index is -3.72. The molecule has 1 heterocycles. The van der Waals surface area contributed by atoms with Gasteiger partial charge in [0.1, 0.15) is 0 Å². The first-order valence-corrected chi connectivity index (χ1v) is 3.87. The molecule has 0 spiro atoms. The third-order valence-corrected chi connectivity index (χ3v) is 1.73. The molecule has 0 aliphatic carbocycles. The maximum Gasteiger partial charge on any atom is 1.00 e. The Morgan fingerprint density at radius 3 is 2.33 bits per heavy atom. The first kappa shape index (κ1) is 9.47. The van der Waals surface area contributed by atoms with Crippen LogP contribution in [0.4, 0.5) is 0 Å². The summed E-state index contributed by atoms with van der Waals surface area (Å²) in [5, 5.41) is 2.75. The second kappa shape index (κ2) is 3.04. The van der Waals surface area contributed by atoms with Gasteiger partial charge in [-0.3, -0.25) is 4.55 Å². The Kier molecular flexibility index (Phi) is 3.20. The average Bonchev–Trinajstić information content (AvgIpc) is 2.12. The van der Waals surface area contributed by atoms with E-state index in [0.717, 1.165) is 0 Å². The van der Waals surface area contributed by atoms with Crippen LogP contribution in [-0.2, 0) is 10.1 Å². The third-order valence-electron chi connectivity index (χ3n) is 0.905. The summed E-state index contributed by atoms with van der Waals surface area (Å²) in [6.45, 7) is 0.708. The maximum absolute atomic E-state index is 10.00. The van der Waals surface area contributed by atoms with E-state index in [4.69, 9.17) is 4.55 Å². The van der Waals surface area contributed by atoms with Gasteiger partial charge >= 0.3 is 18.9 Å². The standard InChI is InChI=1S/C3H7NO3S.Li.H/c5-8(6,7)2-3-1-4-3;;/h3-4H,1-2H2,(H,5,6,7);;/q;+1;-1. The average molecular weight is 145 g/mol. The van der Waals surface area contributed by atoms with Gasteiger partial charge in [-0.1, -0.05) is 0 Å². The van der Waals surface area contributed by atoms with Crippen LogP contribution in [0.1, 0.15) is 1.43 Å². The van der Waals surface area contributed by atoms with Crippen molar-refractivity contribution in [3.05, 3.63) is 0 Å². The predicted molar refractivity (Wildman–Crippen MR) is 29.3 cm³/mol. The second-order valence-corrected chi connectivity index (χ2v) is 3.35. The van der Waals surface area contributed by atoms with E-state index < -0.39 is 10.1 Å². The maximum atomic E-state index is 10.00. The molecule has 50 valence electrons. The van der Waals surface area contributed by atoms with Gasteiger partial charge in [0.2, 0.25) is 0 Å². The molecule has 2 N–H and O–H groups in total. The summed E-state index contributed by atoms with van der Waals surface area (Å²) in [5.74, 6) is -0.146. The number of hydrogen-bond donors (Lipinski definition) is 2. The van der Waals surface area contributed by atoms with Gasteiger partial charge < -0.3 is 6.74 Å². The molecule has 0 bridgehead atoms. The smallest absolute Gasteiger partial charge is 1.00 e. The summed E-state index contributed by atoms with van der Waals surface area (Å²) < 4.78 is 28.2. The van der Waals surface area contributed by atoms with Crippen molar-refractivity contribution in [2.75, 3.05) is 12.3 Å². The fourth-order valence-electron chi connectivity index (χ4n) is 0.455. The van der Waals surface area contributed by atoms with E-state index in [-0.39, 0.29) is 32.1 Å². The quantitative estimate of drug-likeness (QED) is 0.235. The first-order chi connectivity index (χ1) is 3.58. The molecule has 0 saturated carbocycles. The number of hydrogen-bond acceptors (Lipinski definition) is 3. The van der Waals surface area contributed by atoms with E-state index in [1.54, 1.807) is 0 Å². The molecule has 1 aliphatic heterocycles. The molecule has 1 unspecified atom stereocenters. The van der Waals surface area contributed by atoms with Gasteiger partial charge in [-0.25, -0.2) is 0 Å². The second-order valence-electron chi connectivity index (χ2n) is 1.85. The molecule has 4 nitrogen and oxygen atoms in total. The summed E-state index contributed by atoms with van der Waals surface area (Å²) in [5.41, 5.74) is 0. The molecule has 1 atom stereocenters. The Labute approximate surface area is 67.4 Å². The van der Waals surface area contributed by atoms with Crippen LogP contribution in [0.5, 0.6) is 0 Å². The molecular formula is C3H8LiNO3S. The van der Waals surface area contributed by atoms with Crippen molar-refractivity contribution >= 4 is 10.1 Å². The summed E-state index contributed by atoms with van der Waals surface area (Å²) in [6.07, 6.45) is 0. The molecule has 0 radical (unpaired) electrons. The minimum absolute atomic E-state index is 0. The van der Waals surface area contributed by atoms with Crippen molar-refractivity contribution in [2.24, 2.45) is 0 Å². The summed E-state index contributed by atoms with van der Waals surface area (Å²) in [7, 11) is -3.72. The minimum Gasteiger partial charge on any atom is -1.00 e. The van der Waals surface area contributed by atoms with Crippen LogP contribution in [-0.4, -0.2) is 31.3 Å². The van der Waals surface area contributed by atoms with Gasteiger partial charge in [0, 0.05) is 12.6 Å². The fraction of sp³-hybridized carbons (Fsp3) is 1.00. The van der Waals surface area contributed by atoms with Crippen LogP contribution < -0.4 is 24.2 Å². The van der Waals surface area contributed by atoms with Gasteiger partial charge in [-0.15, -0.1) is 0 Å². The van der Waals surface area contributed by atoms with Crippen molar-refractivity contribution in [1.82, 2.24) is 5.32 Å². The monoisotopic (exact) mass is 145 g/mol. The summed E-state index contributed by atoms with van der Waals surface area (Å²) in [6, 6.07) is 0.00463. The van der Waals surface area contributed by atoms with Crippen molar-refractivity contribution < 1.29 is 33.3 Å². The molecule has 0 aromatic rings. The molecule has 6 heteroatoms. The van der Waals surface area contributed by atoms with Crippen molar-refractivity contribution in [3.8, 4) is 0 Å². The van der Waals surface area contributed by atoms with Gasteiger partial charge in [0.15, 0.2) is 0 Å². The van der Waals surface area contributed by atoms with Crippen LogP contribution in [0.3, 0.4) is 0 Å². The zero-order valence-corrected chi connectivity index (χ0v) is 5.98. The number of nitrogens with one attached hydrogen (secondary N) is 1. The third kappa shape index (κ3) is 4.94. The predicted octanol–water partition coefficient (Wildman–Crippen LogP) is -4.04. The van der Waals surface area contributed by atoms with Crippen LogP contribution in [0.2, 0.25) is 0 Å². The van der Waals surface area contributed by atoms with Gasteiger partial charge in [-0.2, -0.15) is 8.42 Å². The van der Waals surface area contributed by atoms with E-state index in [1.807, 2.05) is 0 Å². The Morgan fingerprint density at radius 2 is 2.22 bits per heavy atom. The van der Waals surface area contributed by atoms with E-state index >= 15 is 0 Å².